The first-order chi connectivity index (χ1) is 9.52. The smallest absolute Gasteiger partial charge is 0.381 e. The molecule has 1 atom stereocenters. The number of nitrogens with one attached hydrogen (secondary N) is 1. The molecule has 0 aromatic rings. The van der Waals surface area contributed by atoms with E-state index in [0.717, 1.165) is 32.6 Å². The van der Waals surface area contributed by atoms with Crippen molar-refractivity contribution in [2.24, 2.45) is 17.8 Å². The van der Waals surface area contributed by atoms with Gasteiger partial charge in [-0.3, -0.25) is 0 Å². The third-order valence-electron chi connectivity index (χ3n) is 4.96. The molecule has 0 spiro atoms. The molecule has 1 unspecified atom stereocenters. The van der Waals surface area contributed by atoms with Crippen LogP contribution in [0.3, 0.4) is 0 Å². The summed E-state index contributed by atoms with van der Waals surface area (Å²) in [6, 6.07) is 0.373. The first-order valence-electron chi connectivity index (χ1n) is 7.90. The normalized spacial score (nSPS) is 31.2. The Morgan fingerprint density at radius 1 is 1.00 bits per heavy atom. The molecule has 1 saturated heterocycles. The van der Waals surface area contributed by atoms with Gasteiger partial charge in [-0.15, -0.1) is 0 Å². The van der Waals surface area contributed by atoms with Gasteiger partial charge in [0.1, 0.15) is 0 Å². The van der Waals surface area contributed by atoms with Crippen molar-refractivity contribution in [1.82, 2.24) is 5.32 Å². The molecule has 0 amide bonds. The molecule has 1 saturated carbocycles. The van der Waals surface area contributed by atoms with E-state index < -0.39 is 12.1 Å². The first-order valence-corrected chi connectivity index (χ1v) is 7.90. The Kier molecular flexibility index (Phi) is 5.73. The predicted molar refractivity (Wildman–Crippen MR) is 72.5 cm³/mol. The van der Waals surface area contributed by atoms with Crippen molar-refractivity contribution in [3.63, 3.8) is 0 Å². The quantitative estimate of drug-likeness (QED) is 0.852. The van der Waals surface area contributed by atoms with Crippen LogP contribution < -0.4 is 5.32 Å². The monoisotopic (exact) mass is 293 g/mol. The second kappa shape index (κ2) is 7.12. The van der Waals surface area contributed by atoms with Gasteiger partial charge >= 0.3 is 6.18 Å². The van der Waals surface area contributed by atoms with E-state index in [9.17, 15) is 13.2 Å². The summed E-state index contributed by atoms with van der Waals surface area (Å²) in [7, 11) is 0. The van der Waals surface area contributed by atoms with Gasteiger partial charge in [0.25, 0.3) is 0 Å². The van der Waals surface area contributed by atoms with Gasteiger partial charge in [0.15, 0.2) is 0 Å². The van der Waals surface area contributed by atoms with Gasteiger partial charge in [0.2, 0.25) is 0 Å². The zero-order chi connectivity index (χ0) is 14.6. The van der Waals surface area contributed by atoms with Gasteiger partial charge in [0, 0.05) is 19.3 Å². The predicted octanol–water partition coefficient (Wildman–Crippen LogP) is 3.76. The van der Waals surface area contributed by atoms with E-state index in [1.807, 2.05) is 0 Å². The zero-order valence-corrected chi connectivity index (χ0v) is 12.2. The Balaban J connectivity index is 1.90. The standard InChI is InChI=1S/C15H26F3NO/c1-2-19-14(12-7-9-20-10-8-12)11-3-5-13(6-4-11)15(16,17)18/h11-14,19H,2-10H2,1H3. The van der Waals surface area contributed by atoms with E-state index in [1.54, 1.807) is 0 Å². The van der Waals surface area contributed by atoms with Crippen LogP contribution in [0.5, 0.6) is 0 Å². The molecule has 2 rings (SSSR count). The number of alkyl halides is 3. The minimum absolute atomic E-state index is 0.305. The molecule has 5 heteroatoms. The van der Waals surface area contributed by atoms with E-state index in [0.29, 0.717) is 43.6 Å². The number of hydrogen-bond acceptors (Lipinski definition) is 2. The Hall–Kier alpha value is -0.290. The SMILES string of the molecule is CCNC(C1CCOCC1)C1CCC(C(F)(F)F)CC1. The van der Waals surface area contributed by atoms with Gasteiger partial charge in [-0.05, 0) is 56.9 Å². The van der Waals surface area contributed by atoms with Crippen molar-refractivity contribution in [2.75, 3.05) is 19.8 Å². The number of rotatable bonds is 4. The van der Waals surface area contributed by atoms with Gasteiger partial charge in [-0.1, -0.05) is 6.92 Å². The molecule has 1 N–H and O–H groups in total. The third kappa shape index (κ3) is 4.10. The summed E-state index contributed by atoms with van der Waals surface area (Å²) in [5, 5.41) is 3.54. The molecular formula is C15H26F3NO. The fourth-order valence-corrected chi connectivity index (χ4v) is 3.83. The first kappa shape index (κ1) is 16.1. The maximum atomic E-state index is 12.7. The van der Waals surface area contributed by atoms with Crippen molar-refractivity contribution < 1.29 is 17.9 Å². The van der Waals surface area contributed by atoms with E-state index in [1.165, 1.54) is 0 Å². The lowest BCUT2D eigenvalue weighted by Crippen LogP contribution is -2.46. The van der Waals surface area contributed by atoms with Crippen molar-refractivity contribution in [3.05, 3.63) is 0 Å². The highest BCUT2D eigenvalue weighted by Gasteiger charge is 2.43. The zero-order valence-electron chi connectivity index (χ0n) is 12.2. The summed E-state index contributed by atoms with van der Waals surface area (Å²) in [4.78, 5) is 0. The van der Waals surface area contributed by atoms with Crippen molar-refractivity contribution in [3.8, 4) is 0 Å². The van der Waals surface area contributed by atoms with Gasteiger partial charge in [-0.25, -0.2) is 0 Å². The topological polar surface area (TPSA) is 21.3 Å². The van der Waals surface area contributed by atoms with Gasteiger partial charge in [-0.2, -0.15) is 13.2 Å². The molecule has 1 heterocycles. The second-order valence-corrected chi connectivity index (χ2v) is 6.19. The van der Waals surface area contributed by atoms with Crippen LogP contribution in [0.4, 0.5) is 13.2 Å². The highest BCUT2D eigenvalue weighted by molar-refractivity contribution is 4.88. The molecule has 1 aliphatic carbocycles. The maximum Gasteiger partial charge on any atom is 0.391 e. The van der Waals surface area contributed by atoms with Crippen LogP contribution >= 0.6 is 0 Å². The van der Waals surface area contributed by atoms with Crippen molar-refractivity contribution >= 4 is 0 Å². The summed E-state index contributed by atoms with van der Waals surface area (Å²) in [6.07, 6.45) is 0.0992. The summed E-state index contributed by atoms with van der Waals surface area (Å²) >= 11 is 0. The van der Waals surface area contributed by atoms with Gasteiger partial charge in [0.05, 0.1) is 5.92 Å². The molecule has 0 aromatic carbocycles. The number of hydrogen-bond donors (Lipinski definition) is 1. The largest absolute Gasteiger partial charge is 0.391 e. The molecule has 118 valence electrons. The van der Waals surface area contributed by atoms with Crippen molar-refractivity contribution in [2.45, 2.75) is 57.7 Å². The van der Waals surface area contributed by atoms with E-state index in [-0.39, 0.29) is 0 Å². The Morgan fingerprint density at radius 3 is 2.05 bits per heavy atom. The Morgan fingerprint density at radius 2 is 1.55 bits per heavy atom. The summed E-state index contributed by atoms with van der Waals surface area (Å²) in [6.45, 7) is 4.56. The third-order valence-corrected chi connectivity index (χ3v) is 4.96. The average molecular weight is 293 g/mol. The summed E-state index contributed by atoms with van der Waals surface area (Å²) in [5.41, 5.74) is 0. The van der Waals surface area contributed by atoms with Crippen LogP contribution in [-0.4, -0.2) is 32.0 Å². The van der Waals surface area contributed by atoms with Crippen LogP contribution in [0.25, 0.3) is 0 Å². The Labute approximate surface area is 119 Å². The van der Waals surface area contributed by atoms with Crippen LogP contribution in [-0.2, 0) is 4.74 Å². The maximum absolute atomic E-state index is 12.7. The molecule has 20 heavy (non-hydrogen) atoms. The second-order valence-electron chi connectivity index (χ2n) is 6.19. The van der Waals surface area contributed by atoms with E-state index in [2.05, 4.69) is 12.2 Å². The van der Waals surface area contributed by atoms with Crippen LogP contribution in [0.2, 0.25) is 0 Å². The van der Waals surface area contributed by atoms with E-state index >= 15 is 0 Å². The fraction of sp³-hybridized carbons (Fsp3) is 1.00. The molecular weight excluding hydrogens is 267 g/mol. The lowest BCUT2D eigenvalue weighted by Gasteiger charge is -2.40. The highest BCUT2D eigenvalue weighted by Crippen LogP contribution is 2.42. The minimum Gasteiger partial charge on any atom is -0.381 e. The number of ether oxygens (including phenoxy) is 1. The summed E-state index contributed by atoms with van der Waals surface area (Å²) in [5.74, 6) is -0.108. The molecule has 2 aliphatic rings. The molecule has 0 radical (unpaired) electrons. The van der Waals surface area contributed by atoms with Crippen LogP contribution in [0, 0.1) is 17.8 Å². The van der Waals surface area contributed by atoms with E-state index in [4.69, 9.17) is 4.74 Å². The van der Waals surface area contributed by atoms with Gasteiger partial charge < -0.3 is 10.1 Å². The lowest BCUT2D eigenvalue weighted by atomic mass is 9.73. The minimum atomic E-state index is -4.00. The highest BCUT2D eigenvalue weighted by atomic mass is 19.4. The molecule has 2 nitrogen and oxygen atoms in total. The number of halogens is 3. The van der Waals surface area contributed by atoms with Crippen molar-refractivity contribution in [1.29, 1.82) is 0 Å². The lowest BCUT2D eigenvalue weighted by molar-refractivity contribution is -0.184. The van der Waals surface area contributed by atoms with Crippen LogP contribution in [0.15, 0.2) is 0 Å². The fourth-order valence-electron chi connectivity index (χ4n) is 3.83. The molecule has 0 bridgehead atoms. The molecule has 1 aliphatic heterocycles. The Bertz CT molecular complexity index is 281. The molecule has 0 aromatic heterocycles. The molecule has 2 fully saturated rings. The summed E-state index contributed by atoms with van der Waals surface area (Å²) < 4.78 is 43.6. The average Bonchev–Trinajstić information content (AvgIpc) is 2.45. The van der Waals surface area contributed by atoms with Crippen LogP contribution in [0.1, 0.15) is 45.4 Å².